The molecule has 1 aromatic heterocycles. The zero-order valence-corrected chi connectivity index (χ0v) is 13.7. The van der Waals surface area contributed by atoms with E-state index in [0.717, 1.165) is 49.4 Å². The van der Waals surface area contributed by atoms with Crippen LogP contribution in [0.2, 0.25) is 0 Å². The molecule has 4 nitrogen and oxygen atoms in total. The molecule has 2 aromatic rings. The predicted molar refractivity (Wildman–Crippen MR) is 93.2 cm³/mol. The lowest BCUT2D eigenvalue weighted by Gasteiger charge is -2.41. The number of hydrogen-bond donors (Lipinski definition) is 1. The van der Waals surface area contributed by atoms with Gasteiger partial charge in [0.15, 0.2) is 5.82 Å². The van der Waals surface area contributed by atoms with Crippen LogP contribution < -0.4 is 4.90 Å². The monoisotopic (exact) mass is 327 g/mol. The van der Waals surface area contributed by atoms with Crippen LogP contribution in [0.4, 0.5) is 10.2 Å². The first kappa shape index (κ1) is 16.6. The fourth-order valence-corrected chi connectivity index (χ4v) is 3.34. The molecule has 1 N–H and O–H groups in total. The number of hydrogen-bond acceptors (Lipinski definition) is 4. The minimum Gasteiger partial charge on any atom is -0.396 e. The molecule has 0 bridgehead atoms. The molecule has 1 aliphatic heterocycles. The highest BCUT2D eigenvalue weighted by atomic mass is 19.1. The highest BCUT2D eigenvalue weighted by molar-refractivity contribution is 5.59. The van der Waals surface area contributed by atoms with E-state index in [9.17, 15) is 9.50 Å². The molecular weight excluding hydrogens is 305 g/mol. The topological polar surface area (TPSA) is 49.2 Å². The lowest BCUT2D eigenvalue weighted by atomic mass is 9.78. The smallest absolute Gasteiger partial charge is 0.151 e. The van der Waals surface area contributed by atoms with E-state index in [2.05, 4.69) is 21.7 Å². The van der Waals surface area contributed by atoms with Gasteiger partial charge in [-0.2, -0.15) is 0 Å². The molecule has 1 atom stereocenters. The molecule has 1 aromatic carbocycles. The number of benzene rings is 1. The minimum absolute atomic E-state index is 0.142. The van der Waals surface area contributed by atoms with Crippen LogP contribution in [-0.2, 0) is 0 Å². The van der Waals surface area contributed by atoms with Crippen LogP contribution in [0.1, 0.15) is 19.3 Å². The zero-order chi connectivity index (χ0) is 17.0. The zero-order valence-electron chi connectivity index (χ0n) is 13.7. The van der Waals surface area contributed by atoms with Crippen molar-refractivity contribution in [1.82, 2.24) is 10.2 Å². The van der Waals surface area contributed by atoms with Gasteiger partial charge in [0.2, 0.25) is 0 Å². The van der Waals surface area contributed by atoms with Crippen molar-refractivity contribution < 1.29 is 9.50 Å². The molecule has 0 amide bonds. The lowest BCUT2D eigenvalue weighted by Crippen LogP contribution is -2.45. The van der Waals surface area contributed by atoms with Crippen LogP contribution in [0, 0.1) is 11.2 Å². The Hall–Kier alpha value is -2.27. The quantitative estimate of drug-likeness (QED) is 0.855. The van der Waals surface area contributed by atoms with Gasteiger partial charge in [-0.05, 0) is 55.7 Å². The predicted octanol–water partition coefficient (Wildman–Crippen LogP) is 3.44. The van der Waals surface area contributed by atoms with Crippen molar-refractivity contribution in [3.63, 3.8) is 0 Å². The van der Waals surface area contributed by atoms with Crippen molar-refractivity contribution >= 4 is 5.82 Å². The van der Waals surface area contributed by atoms with E-state index in [1.807, 2.05) is 18.2 Å². The second-order valence-electron chi connectivity index (χ2n) is 6.46. The summed E-state index contributed by atoms with van der Waals surface area (Å²) in [5.41, 5.74) is 1.41. The third-order valence-electron chi connectivity index (χ3n) is 4.69. The van der Waals surface area contributed by atoms with E-state index in [0.29, 0.717) is 0 Å². The molecule has 1 saturated heterocycles. The van der Waals surface area contributed by atoms with E-state index in [1.165, 1.54) is 12.1 Å². The van der Waals surface area contributed by atoms with Crippen LogP contribution in [0.15, 0.2) is 49.1 Å². The standard InChI is InChI=1S/C19H22FN3O/c1-2-10-19(14-24)11-3-12-23(13-19)18-9-8-17(21-22-18)15-4-6-16(20)7-5-15/h2,4-9,24H,1,3,10-14H2. The first-order valence-electron chi connectivity index (χ1n) is 8.22. The molecule has 1 fully saturated rings. The van der Waals surface area contributed by atoms with Gasteiger partial charge in [0.05, 0.1) is 12.3 Å². The second-order valence-corrected chi connectivity index (χ2v) is 6.46. The van der Waals surface area contributed by atoms with Gasteiger partial charge < -0.3 is 10.0 Å². The number of aromatic nitrogens is 2. The van der Waals surface area contributed by atoms with E-state index in [-0.39, 0.29) is 17.8 Å². The molecule has 0 saturated carbocycles. The van der Waals surface area contributed by atoms with Gasteiger partial charge in [0.1, 0.15) is 5.82 Å². The first-order valence-corrected chi connectivity index (χ1v) is 8.22. The molecule has 2 heterocycles. The van der Waals surface area contributed by atoms with E-state index in [4.69, 9.17) is 0 Å². The molecule has 0 radical (unpaired) electrons. The second kappa shape index (κ2) is 7.09. The Morgan fingerprint density at radius 2 is 2.00 bits per heavy atom. The summed E-state index contributed by atoms with van der Waals surface area (Å²) >= 11 is 0. The van der Waals surface area contributed by atoms with Gasteiger partial charge in [-0.15, -0.1) is 16.8 Å². The molecule has 0 aliphatic carbocycles. The van der Waals surface area contributed by atoms with Crippen LogP contribution in [0.3, 0.4) is 0 Å². The van der Waals surface area contributed by atoms with Crippen molar-refractivity contribution in [1.29, 1.82) is 0 Å². The number of anilines is 1. The summed E-state index contributed by atoms with van der Waals surface area (Å²) in [7, 11) is 0. The van der Waals surface area contributed by atoms with Crippen molar-refractivity contribution in [3.8, 4) is 11.3 Å². The van der Waals surface area contributed by atoms with Crippen molar-refractivity contribution in [2.45, 2.75) is 19.3 Å². The maximum atomic E-state index is 13.0. The number of allylic oxidation sites excluding steroid dienone is 1. The summed E-state index contributed by atoms with van der Waals surface area (Å²) in [5.74, 6) is 0.543. The largest absolute Gasteiger partial charge is 0.396 e. The van der Waals surface area contributed by atoms with Gasteiger partial charge >= 0.3 is 0 Å². The normalized spacial score (nSPS) is 20.8. The summed E-state index contributed by atoms with van der Waals surface area (Å²) in [6, 6.07) is 10.1. The third kappa shape index (κ3) is 3.46. The fraction of sp³-hybridized carbons (Fsp3) is 0.368. The lowest BCUT2D eigenvalue weighted by molar-refractivity contribution is 0.108. The average Bonchev–Trinajstić information content (AvgIpc) is 2.63. The van der Waals surface area contributed by atoms with Gasteiger partial charge in [-0.3, -0.25) is 0 Å². The number of aliphatic hydroxyl groups is 1. The summed E-state index contributed by atoms with van der Waals surface area (Å²) in [6.45, 7) is 5.62. The number of aliphatic hydroxyl groups excluding tert-OH is 1. The summed E-state index contributed by atoms with van der Waals surface area (Å²) in [4.78, 5) is 2.17. The van der Waals surface area contributed by atoms with Crippen molar-refractivity contribution in [2.75, 3.05) is 24.6 Å². The van der Waals surface area contributed by atoms with Crippen LogP contribution >= 0.6 is 0 Å². The molecule has 0 spiro atoms. The van der Waals surface area contributed by atoms with Gasteiger partial charge in [-0.1, -0.05) is 6.08 Å². The molecule has 3 rings (SSSR count). The first-order chi connectivity index (χ1) is 11.7. The number of rotatable bonds is 5. The van der Waals surface area contributed by atoms with Gasteiger partial charge in [0, 0.05) is 24.1 Å². The number of halogens is 1. The Bertz CT molecular complexity index is 687. The van der Waals surface area contributed by atoms with E-state index in [1.54, 1.807) is 12.1 Å². The van der Waals surface area contributed by atoms with Crippen LogP contribution in [0.5, 0.6) is 0 Å². The summed E-state index contributed by atoms with van der Waals surface area (Å²) in [5, 5.41) is 18.4. The number of piperidine rings is 1. The summed E-state index contributed by atoms with van der Waals surface area (Å²) in [6.07, 6.45) is 4.67. The third-order valence-corrected chi connectivity index (χ3v) is 4.69. The maximum absolute atomic E-state index is 13.0. The summed E-state index contributed by atoms with van der Waals surface area (Å²) < 4.78 is 13.0. The van der Waals surface area contributed by atoms with E-state index >= 15 is 0 Å². The van der Waals surface area contributed by atoms with Gasteiger partial charge in [0.25, 0.3) is 0 Å². The molecule has 24 heavy (non-hydrogen) atoms. The molecule has 5 heteroatoms. The SMILES string of the molecule is C=CCC1(CO)CCCN(c2ccc(-c3ccc(F)cc3)nn2)C1. The Balaban J connectivity index is 1.77. The Morgan fingerprint density at radius 1 is 1.21 bits per heavy atom. The maximum Gasteiger partial charge on any atom is 0.151 e. The van der Waals surface area contributed by atoms with Crippen molar-refractivity contribution in [3.05, 3.63) is 54.9 Å². The molecular formula is C19H22FN3O. The van der Waals surface area contributed by atoms with E-state index < -0.39 is 0 Å². The highest BCUT2D eigenvalue weighted by Gasteiger charge is 2.34. The van der Waals surface area contributed by atoms with Crippen molar-refractivity contribution in [2.24, 2.45) is 5.41 Å². The minimum atomic E-state index is -0.265. The fourth-order valence-electron chi connectivity index (χ4n) is 3.34. The van der Waals surface area contributed by atoms with Crippen LogP contribution in [-0.4, -0.2) is 35.0 Å². The molecule has 126 valence electrons. The van der Waals surface area contributed by atoms with Gasteiger partial charge in [-0.25, -0.2) is 4.39 Å². The Labute approximate surface area is 141 Å². The Morgan fingerprint density at radius 3 is 2.62 bits per heavy atom. The highest BCUT2D eigenvalue weighted by Crippen LogP contribution is 2.35. The average molecular weight is 327 g/mol. The Kier molecular flexibility index (Phi) is 4.90. The number of nitrogens with zero attached hydrogens (tertiary/aromatic N) is 3. The van der Waals surface area contributed by atoms with Crippen LogP contribution in [0.25, 0.3) is 11.3 Å². The molecule has 1 unspecified atom stereocenters. The molecule has 1 aliphatic rings.